The molecule has 5 heteroatoms. The van der Waals surface area contributed by atoms with Gasteiger partial charge in [-0.2, -0.15) is 4.79 Å². The molecule has 0 aromatic heterocycles. The summed E-state index contributed by atoms with van der Waals surface area (Å²) in [5, 5.41) is 0. The van der Waals surface area contributed by atoms with Crippen LogP contribution in [0.3, 0.4) is 0 Å². The molecule has 22 heavy (non-hydrogen) atoms. The number of thioether (sulfide) groups is 1. The predicted molar refractivity (Wildman–Crippen MR) is 89.8 cm³/mol. The van der Waals surface area contributed by atoms with Crippen molar-refractivity contribution in [2.45, 2.75) is 32.1 Å². The van der Waals surface area contributed by atoms with Crippen molar-refractivity contribution in [3.05, 3.63) is 46.4 Å². The predicted octanol–water partition coefficient (Wildman–Crippen LogP) is 4.40. The molecule has 0 heterocycles. The quantitative estimate of drug-likeness (QED) is 0.577. The van der Waals surface area contributed by atoms with Crippen LogP contribution in [0.4, 0.5) is 0 Å². The zero-order chi connectivity index (χ0) is 15.9. The summed E-state index contributed by atoms with van der Waals surface area (Å²) >= 11 is 1.63. The molecule has 0 bridgehead atoms. The zero-order valence-corrected chi connectivity index (χ0v) is 13.9. The maximum Gasteiger partial charge on any atom is 0.295 e. The van der Waals surface area contributed by atoms with Gasteiger partial charge in [-0.3, -0.25) is 0 Å². The van der Waals surface area contributed by atoms with Gasteiger partial charge in [0.05, 0.1) is 24.5 Å². The van der Waals surface area contributed by atoms with Gasteiger partial charge >= 0.3 is 0 Å². The fraction of sp³-hybridized carbons (Fsp3) is 0.353. The standard InChI is InChI=1S/C17H20N2O2S/c1-4-20-15-11-17(16(21-5-2)10-12(15)3)22-14-8-6-13(19-18)7-9-14/h6,8-11H,4-5,7H2,1-3H3. The van der Waals surface area contributed by atoms with Crippen molar-refractivity contribution in [3.63, 3.8) is 0 Å². The number of ether oxygens (including phenoxy) is 2. The Kier molecular flexibility index (Phi) is 5.87. The van der Waals surface area contributed by atoms with E-state index < -0.39 is 0 Å². The molecule has 116 valence electrons. The van der Waals surface area contributed by atoms with Gasteiger partial charge in [0.1, 0.15) is 11.5 Å². The molecule has 1 aliphatic rings. The number of aryl methyl sites for hydroxylation is 1. The number of rotatable bonds is 6. The lowest BCUT2D eigenvalue weighted by atomic mass is 10.2. The largest absolute Gasteiger partial charge is 0.494 e. The number of hydrogen-bond acceptors (Lipinski definition) is 3. The lowest BCUT2D eigenvalue weighted by molar-refractivity contribution is -0.00538. The lowest BCUT2D eigenvalue weighted by Gasteiger charge is -2.15. The second-order valence-electron chi connectivity index (χ2n) is 4.77. The average molecular weight is 316 g/mol. The van der Waals surface area contributed by atoms with E-state index in [1.807, 2.05) is 51.1 Å². The van der Waals surface area contributed by atoms with Gasteiger partial charge in [-0.05, 0) is 44.5 Å². The van der Waals surface area contributed by atoms with Crippen LogP contribution in [-0.2, 0) is 0 Å². The fourth-order valence-electron chi connectivity index (χ4n) is 2.10. The van der Waals surface area contributed by atoms with Crippen molar-refractivity contribution in [3.8, 4) is 11.5 Å². The van der Waals surface area contributed by atoms with Gasteiger partial charge in [-0.25, -0.2) is 0 Å². The summed E-state index contributed by atoms with van der Waals surface area (Å²) in [6.07, 6.45) is 6.43. The lowest BCUT2D eigenvalue weighted by Crippen LogP contribution is -2.00. The van der Waals surface area contributed by atoms with Crippen molar-refractivity contribution >= 4 is 17.5 Å². The SMILES string of the molecule is CCOc1cc(SC2=CCC(=[N+]=[N-])C=C2)c(OCC)cc1C. The Bertz CT molecular complexity index is 659. The van der Waals surface area contributed by atoms with Crippen molar-refractivity contribution in [2.75, 3.05) is 13.2 Å². The minimum atomic E-state index is 0.622. The molecule has 0 aliphatic heterocycles. The van der Waals surface area contributed by atoms with Crippen LogP contribution in [-0.4, -0.2) is 23.7 Å². The molecule has 0 unspecified atom stereocenters. The van der Waals surface area contributed by atoms with Crippen LogP contribution in [0.1, 0.15) is 25.8 Å². The fourth-order valence-corrected chi connectivity index (χ4v) is 3.04. The molecule has 0 fully saturated rings. The van der Waals surface area contributed by atoms with E-state index in [4.69, 9.17) is 15.0 Å². The van der Waals surface area contributed by atoms with Crippen LogP contribution in [0, 0.1) is 6.92 Å². The van der Waals surface area contributed by atoms with Crippen molar-refractivity contribution < 1.29 is 14.3 Å². The van der Waals surface area contributed by atoms with Gasteiger partial charge in [0.25, 0.3) is 5.71 Å². The Morgan fingerprint density at radius 1 is 1.14 bits per heavy atom. The molecular formula is C17H20N2O2S. The first-order chi connectivity index (χ1) is 10.7. The number of allylic oxidation sites excluding steroid dienone is 3. The normalized spacial score (nSPS) is 13.6. The van der Waals surface area contributed by atoms with E-state index in [0.717, 1.165) is 26.9 Å². The Morgan fingerprint density at radius 2 is 1.86 bits per heavy atom. The Balaban J connectivity index is 2.28. The molecule has 0 N–H and O–H groups in total. The zero-order valence-electron chi connectivity index (χ0n) is 13.1. The van der Waals surface area contributed by atoms with Crippen LogP contribution in [0.5, 0.6) is 11.5 Å². The first-order valence-corrected chi connectivity index (χ1v) is 8.16. The molecule has 1 aliphatic carbocycles. The summed E-state index contributed by atoms with van der Waals surface area (Å²) in [6.45, 7) is 7.23. The smallest absolute Gasteiger partial charge is 0.295 e. The van der Waals surface area contributed by atoms with Crippen molar-refractivity contribution in [2.24, 2.45) is 0 Å². The summed E-state index contributed by atoms with van der Waals surface area (Å²) in [7, 11) is 0. The molecule has 0 radical (unpaired) electrons. The third-order valence-corrected chi connectivity index (χ3v) is 4.23. The van der Waals surface area contributed by atoms with Crippen LogP contribution in [0.15, 0.2) is 40.2 Å². The molecule has 1 aromatic rings. The summed E-state index contributed by atoms with van der Waals surface area (Å²) in [5.74, 6) is 1.75. The maximum absolute atomic E-state index is 8.77. The van der Waals surface area contributed by atoms with E-state index >= 15 is 0 Å². The van der Waals surface area contributed by atoms with Gasteiger partial charge < -0.3 is 15.0 Å². The molecular weight excluding hydrogens is 296 g/mol. The van der Waals surface area contributed by atoms with E-state index in [-0.39, 0.29) is 0 Å². The third kappa shape index (κ3) is 4.03. The first kappa shape index (κ1) is 16.4. The topological polar surface area (TPSA) is 54.9 Å². The van der Waals surface area contributed by atoms with Gasteiger partial charge in [0.2, 0.25) is 0 Å². The van der Waals surface area contributed by atoms with E-state index in [1.165, 1.54) is 0 Å². The van der Waals surface area contributed by atoms with E-state index in [9.17, 15) is 0 Å². The highest BCUT2D eigenvalue weighted by Crippen LogP contribution is 2.40. The minimum absolute atomic E-state index is 0.622. The second-order valence-corrected chi connectivity index (χ2v) is 5.88. The monoisotopic (exact) mass is 316 g/mol. The number of hydrogen-bond donors (Lipinski definition) is 0. The summed E-state index contributed by atoms with van der Waals surface area (Å²) < 4.78 is 11.4. The van der Waals surface area contributed by atoms with Crippen LogP contribution >= 0.6 is 11.8 Å². The molecule has 0 spiro atoms. The van der Waals surface area contributed by atoms with E-state index in [1.54, 1.807) is 11.8 Å². The van der Waals surface area contributed by atoms with Gasteiger partial charge in [0.15, 0.2) is 0 Å². The van der Waals surface area contributed by atoms with Crippen LogP contribution in [0.25, 0.3) is 5.53 Å². The Morgan fingerprint density at radius 3 is 2.45 bits per heavy atom. The van der Waals surface area contributed by atoms with Crippen LogP contribution < -0.4 is 9.47 Å². The average Bonchev–Trinajstić information content (AvgIpc) is 2.53. The summed E-state index contributed by atoms with van der Waals surface area (Å²) in [6, 6.07) is 4.05. The Labute approximate surface area is 135 Å². The van der Waals surface area contributed by atoms with E-state index in [2.05, 4.69) is 4.79 Å². The first-order valence-electron chi connectivity index (χ1n) is 7.35. The van der Waals surface area contributed by atoms with Gasteiger partial charge in [-0.15, -0.1) is 0 Å². The maximum atomic E-state index is 8.77. The molecule has 1 aromatic carbocycles. The highest BCUT2D eigenvalue weighted by molar-refractivity contribution is 8.03. The molecule has 4 nitrogen and oxygen atoms in total. The highest BCUT2D eigenvalue weighted by Gasteiger charge is 2.14. The molecule has 0 amide bonds. The number of nitrogens with zero attached hydrogens (tertiary/aromatic N) is 2. The van der Waals surface area contributed by atoms with Crippen molar-refractivity contribution in [1.29, 1.82) is 0 Å². The third-order valence-electron chi connectivity index (χ3n) is 3.15. The molecule has 0 saturated carbocycles. The van der Waals surface area contributed by atoms with Gasteiger partial charge in [0, 0.05) is 11.0 Å². The molecule has 0 saturated heterocycles. The number of benzene rings is 1. The highest BCUT2D eigenvalue weighted by atomic mass is 32.2. The molecule has 0 atom stereocenters. The Hall–Kier alpha value is -1.97. The molecule has 2 rings (SSSR count). The van der Waals surface area contributed by atoms with Crippen molar-refractivity contribution in [1.82, 2.24) is 0 Å². The summed E-state index contributed by atoms with van der Waals surface area (Å²) in [5.41, 5.74) is 10.5. The minimum Gasteiger partial charge on any atom is -0.494 e. The van der Waals surface area contributed by atoms with Crippen LogP contribution in [0.2, 0.25) is 0 Å². The van der Waals surface area contributed by atoms with E-state index in [0.29, 0.717) is 25.3 Å². The second kappa shape index (κ2) is 7.87. The summed E-state index contributed by atoms with van der Waals surface area (Å²) in [4.78, 5) is 5.34. The van der Waals surface area contributed by atoms with Gasteiger partial charge in [-0.1, -0.05) is 17.8 Å².